The van der Waals surface area contributed by atoms with Gasteiger partial charge in [-0.15, -0.1) is 22.7 Å². The fraction of sp³-hybridized carbons (Fsp3) is 0. The summed E-state index contributed by atoms with van der Waals surface area (Å²) in [7, 11) is 0. The molecule has 0 aliphatic rings. The number of furan rings is 1. The Balaban J connectivity index is 1.09. The van der Waals surface area contributed by atoms with E-state index in [1.807, 2.05) is 72.8 Å². The van der Waals surface area contributed by atoms with E-state index in [2.05, 4.69) is 91.0 Å². The van der Waals surface area contributed by atoms with Crippen LogP contribution in [0.4, 0.5) is 0 Å². The minimum atomic E-state index is 0.630. The van der Waals surface area contributed by atoms with Crippen LogP contribution in [0.25, 0.3) is 119 Å². The van der Waals surface area contributed by atoms with Gasteiger partial charge < -0.3 is 4.42 Å². The van der Waals surface area contributed by atoms with Crippen molar-refractivity contribution >= 4 is 85.1 Å². The molecule has 0 saturated carbocycles. The molecule has 0 saturated heterocycles. The van der Waals surface area contributed by atoms with Crippen LogP contribution in [0.15, 0.2) is 168 Å². The fourth-order valence-corrected chi connectivity index (χ4v) is 10.3. The molecule has 0 bridgehead atoms. The van der Waals surface area contributed by atoms with Gasteiger partial charge in [0.2, 0.25) is 0 Å². The Bertz CT molecular complexity index is 3480. The lowest BCUT2D eigenvalue weighted by atomic mass is 10.0. The van der Waals surface area contributed by atoms with Crippen molar-refractivity contribution in [2.24, 2.45) is 0 Å². The van der Waals surface area contributed by atoms with Crippen molar-refractivity contribution < 1.29 is 4.42 Å². The molecule has 0 aliphatic carbocycles. The van der Waals surface area contributed by atoms with Gasteiger partial charge in [0.15, 0.2) is 23.3 Å². The normalized spacial score (nSPS) is 11.9. The van der Waals surface area contributed by atoms with Gasteiger partial charge in [0.1, 0.15) is 11.2 Å². The van der Waals surface area contributed by atoms with E-state index in [4.69, 9.17) is 29.3 Å². The molecule has 0 radical (unpaired) electrons. The number of thiophene rings is 2. The van der Waals surface area contributed by atoms with Crippen molar-refractivity contribution in [1.82, 2.24) is 24.9 Å². The number of aromatic nitrogens is 5. The van der Waals surface area contributed by atoms with Gasteiger partial charge in [-0.25, -0.2) is 24.9 Å². The first kappa shape index (κ1) is 32.1. The minimum absolute atomic E-state index is 0.630. The van der Waals surface area contributed by atoms with Crippen LogP contribution in [0.3, 0.4) is 0 Å². The predicted octanol–water partition coefficient (Wildman–Crippen LogP) is 13.6. The minimum Gasteiger partial charge on any atom is -0.456 e. The second kappa shape index (κ2) is 12.7. The van der Waals surface area contributed by atoms with Crippen molar-refractivity contribution in [1.29, 1.82) is 0 Å². The predicted molar refractivity (Wildman–Crippen MR) is 236 cm³/mol. The van der Waals surface area contributed by atoms with Crippen LogP contribution in [-0.4, -0.2) is 24.9 Å². The van der Waals surface area contributed by atoms with Gasteiger partial charge in [-0.05, 0) is 42.5 Å². The number of hydrogen-bond acceptors (Lipinski definition) is 8. The quantitative estimate of drug-likeness (QED) is 0.174. The second-order valence-electron chi connectivity index (χ2n) is 14.0. The van der Waals surface area contributed by atoms with E-state index < -0.39 is 0 Å². The third-order valence-electron chi connectivity index (χ3n) is 10.6. The smallest absolute Gasteiger partial charge is 0.164 e. The van der Waals surface area contributed by atoms with Gasteiger partial charge in [-0.1, -0.05) is 121 Å². The molecule has 12 rings (SSSR count). The molecule has 12 aromatic rings. The molecule has 0 aliphatic heterocycles. The van der Waals surface area contributed by atoms with E-state index in [0.29, 0.717) is 23.3 Å². The van der Waals surface area contributed by atoms with Gasteiger partial charge >= 0.3 is 0 Å². The van der Waals surface area contributed by atoms with E-state index in [1.165, 1.54) is 4.70 Å². The second-order valence-corrected chi connectivity index (χ2v) is 16.1. The van der Waals surface area contributed by atoms with Crippen molar-refractivity contribution in [3.05, 3.63) is 164 Å². The summed E-state index contributed by atoms with van der Waals surface area (Å²) >= 11 is 3.49. The third-order valence-corrected chi connectivity index (χ3v) is 12.9. The molecule has 0 N–H and O–H groups in total. The van der Waals surface area contributed by atoms with Gasteiger partial charge in [0.25, 0.3) is 0 Å². The summed E-state index contributed by atoms with van der Waals surface area (Å²) in [4.78, 5) is 26.0. The largest absolute Gasteiger partial charge is 0.456 e. The van der Waals surface area contributed by atoms with Crippen LogP contribution in [0.2, 0.25) is 0 Å². The maximum atomic E-state index is 6.21. The van der Waals surface area contributed by atoms with Gasteiger partial charge in [0.05, 0.1) is 15.9 Å². The maximum Gasteiger partial charge on any atom is 0.164 e. The number of nitrogens with zero attached hydrogens (tertiary/aromatic N) is 5. The molecular formula is C49H27N5OS2. The first-order valence-electron chi connectivity index (χ1n) is 18.7. The zero-order chi connectivity index (χ0) is 37.5. The maximum absolute atomic E-state index is 6.21. The lowest BCUT2D eigenvalue weighted by Crippen LogP contribution is -2.00. The fourth-order valence-electron chi connectivity index (χ4n) is 7.92. The lowest BCUT2D eigenvalue weighted by Gasteiger charge is -2.10. The van der Waals surface area contributed by atoms with E-state index in [1.54, 1.807) is 22.7 Å². The first-order valence-corrected chi connectivity index (χ1v) is 20.3. The van der Waals surface area contributed by atoms with Crippen LogP contribution in [0.5, 0.6) is 0 Å². The highest BCUT2D eigenvalue weighted by atomic mass is 32.1. The summed E-state index contributed by atoms with van der Waals surface area (Å²) in [6.45, 7) is 0. The lowest BCUT2D eigenvalue weighted by molar-refractivity contribution is 0.669. The molecule has 0 unspecified atom stereocenters. The van der Waals surface area contributed by atoms with E-state index in [-0.39, 0.29) is 0 Å². The highest BCUT2D eigenvalue weighted by Crippen LogP contribution is 2.45. The number of hydrogen-bond donors (Lipinski definition) is 0. The number of benzene rings is 7. The zero-order valence-corrected chi connectivity index (χ0v) is 31.7. The molecule has 266 valence electrons. The van der Waals surface area contributed by atoms with Gasteiger partial charge in [-0.2, -0.15) is 0 Å². The Morgan fingerprint density at radius 1 is 0.368 bits per heavy atom. The molecule has 6 nitrogen and oxygen atoms in total. The van der Waals surface area contributed by atoms with Crippen molar-refractivity contribution in [2.45, 2.75) is 0 Å². The molecular weight excluding hydrogens is 739 g/mol. The highest BCUT2D eigenvalue weighted by Gasteiger charge is 2.22. The molecule has 0 atom stereocenters. The molecule has 0 amide bonds. The SMILES string of the molecule is c1ccc(-c2nc(-c3ccccc3)nc(-c3cccc4sc5c(-c6nc(-c7ccc8oc9ccccc9c8c7)c7sc8ccccc8c7n6)cccc5c34)n2)cc1. The Kier molecular flexibility index (Phi) is 7.17. The summed E-state index contributed by atoms with van der Waals surface area (Å²) in [5, 5.41) is 5.50. The summed E-state index contributed by atoms with van der Waals surface area (Å²) in [6, 6.07) is 56.1. The van der Waals surface area contributed by atoms with Crippen molar-refractivity contribution in [3.8, 4) is 56.8 Å². The van der Waals surface area contributed by atoms with Crippen LogP contribution in [-0.2, 0) is 0 Å². The highest BCUT2D eigenvalue weighted by molar-refractivity contribution is 7.26. The topological polar surface area (TPSA) is 77.6 Å². The standard InChI is InChI=1S/C49H27N5OS2/c1-3-13-28(14-4-1)46-52-47(29-15-5-2-6-16-29)54-48(53-46)34-20-12-24-40-41(34)33-19-11-21-35(44(33)57-40)49-50-42(45-43(51-49)32-18-8-10-23-39(32)56-45)30-25-26-38-36(27-30)31-17-7-9-22-37(31)55-38/h1-27H. The molecule has 7 aromatic carbocycles. The molecule has 5 heterocycles. The molecule has 0 spiro atoms. The van der Waals surface area contributed by atoms with Crippen LogP contribution in [0, 0.1) is 0 Å². The monoisotopic (exact) mass is 765 g/mol. The first-order chi connectivity index (χ1) is 28.2. The molecule has 8 heteroatoms. The summed E-state index contributed by atoms with van der Waals surface area (Å²) < 4.78 is 10.7. The molecule has 0 fully saturated rings. The van der Waals surface area contributed by atoms with Crippen LogP contribution in [0.1, 0.15) is 0 Å². The number of fused-ring (bicyclic) bond motifs is 9. The van der Waals surface area contributed by atoms with Gasteiger partial charge in [0, 0.05) is 68.8 Å². The Labute approximate surface area is 333 Å². The van der Waals surface area contributed by atoms with Crippen molar-refractivity contribution in [2.75, 3.05) is 0 Å². The van der Waals surface area contributed by atoms with Crippen molar-refractivity contribution in [3.63, 3.8) is 0 Å². The van der Waals surface area contributed by atoms with Crippen LogP contribution >= 0.6 is 22.7 Å². The summed E-state index contributed by atoms with van der Waals surface area (Å²) in [6.07, 6.45) is 0. The average molecular weight is 766 g/mol. The zero-order valence-electron chi connectivity index (χ0n) is 30.0. The van der Waals surface area contributed by atoms with E-state index in [0.717, 1.165) is 91.2 Å². The Morgan fingerprint density at radius 2 is 0.965 bits per heavy atom. The van der Waals surface area contributed by atoms with E-state index in [9.17, 15) is 0 Å². The number of rotatable bonds is 5. The summed E-state index contributed by atoms with van der Waals surface area (Å²) in [5.41, 5.74) is 8.44. The average Bonchev–Trinajstić information content (AvgIpc) is 3.98. The Hall–Kier alpha value is -7.13. The Morgan fingerprint density at radius 3 is 1.77 bits per heavy atom. The van der Waals surface area contributed by atoms with Crippen LogP contribution < -0.4 is 0 Å². The summed E-state index contributed by atoms with van der Waals surface area (Å²) in [5.74, 6) is 2.59. The molecule has 5 aromatic heterocycles. The van der Waals surface area contributed by atoms with E-state index >= 15 is 0 Å². The van der Waals surface area contributed by atoms with Gasteiger partial charge in [-0.3, -0.25) is 0 Å². The molecule has 57 heavy (non-hydrogen) atoms. The number of para-hydroxylation sites is 1. The third kappa shape index (κ3) is 5.19.